The third kappa shape index (κ3) is 4.41. The van der Waals surface area contributed by atoms with Crippen LogP contribution in [0.25, 0.3) is 0 Å². The molecule has 1 unspecified atom stereocenters. The summed E-state index contributed by atoms with van der Waals surface area (Å²) in [4.78, 5) is 2.41. The Kier molecular flexibility index (Phi) is 5.72. The van der Waals surface area contributed by atoms with Crippen LogP contribution in [0.4, 0.5) is 5.69 Å². The molecule has 1 aliphatic heterocycles. The molecule has 1 aromatic carbocycles. The summed E-state index contributed by atoms with van der Waals surface area (Å²) in [6.45, 7) is 7.40. The Hall–Kier alpha value is -1.22. The largest absolute Gasteiger partial charge is 0.493 e. The number of piperidine rings is 1. The third-order valence-electron chi connectivity index (χ3n) is 4.06. The Balaban J connectivity index is 1.83. The van der Waals surface area contributed by atoms with Crippen molar-refractivity contribution in [2.24, 2.45) is 11.7 Å². The molecule has 0 aliphatic carbocycles. The van der Waals surface area contributed by atoms with Crippen LogP contribution in [0.15, 0.2) is 24.3 Å². The summed E-state index contributed by atoms with van der Waals surface area (Å²) in [6.07, 6.45) is 4.63. The molecule has 0 bridgehead atoms. The van der Waals surface area contributed by atoms with Crippen molar-refractivity contribution in [3.05, 3.63) is 24.3 Å². The molecule has 0 aromatic heterocycles. The lowest BCUT2D eigenvalue weighted by Crippen LogP contribution is -2.39. The van der Waals surface area contributed by atoms with Gasteiger partial charge in [-0.25, -0.2) is 0 Å². The Bertz CT molecular complexity index is 382. The quantitative estimate of drug-likeness (QED) is 0.865. The first-order valence-corrected chi connectivity index (χ1v) is 7.92. The predicted molar refractivity (Wildman–Crippen MR) is 85.4 cm³/mol. The lowest BCUT2D eigenvalue weighted by Gasteiger charge is -2.32. The van der Waals surface area contributed by atoms with Crippen LogP contribution in [-0.2, 0) is 0 Å². The van der Waals surface area contributed by atoms with E-state index in [2.05, 4.69) is 43.0 Å². The van der Waals surface area contributed by atoms with Crippen LogP contribution < -0.4 is 15.4 Å². The zero-order valence-corrected chi connectivity index (χ0v) is 12.8. The summed E-state index contributed by atoms with van der Waals surface area (Å²) in [7, 11) is 0. The van der Waals surface area contributed by atoms with Crippen LogP contribution in [0.1, 0.15) is 39.5 Å². The van der Waals surface area contributed by atoms with Gasteiger partial charge in [-0.15, -0.1) is 0 Å². The van der Waals surface area contributed by atoms with Gasteiger partial charge in [-0.05, 0) is 49.4 Å². The molecule has 3 nitrogen and oxygen atoms in total. The smallest absolute Gasteiger partial charge is 0.119 e. The minimum Gasteiger partial charge on any atom is -0.493 e. The van der Waals surface area contributed by atoms with Crippen LogP contribution in [0, 0.1) is 5.92 Å². The highest BCUT2D eigenvalue weighted by atomic mass is 16.5. The van der Waals surface area contributed by atoms with E-state index in [1.54, 1.807) is 0 Å². The molecule has 112 valence electrons. The topological polar surface area (TPSA) is 38.5 Å². The maximum Gasteiger partial charge on any atom is 0.119 e. The molecule has 1 aliphatic rings. The highest BCUT2D eigenvalue weighted by Crippen LogP contribution is 2.23. The van der Waals surface area contributed by atoms with Crippen LogP contribution in [0.2, 0.25) is 0 Å². The summed E-state index contributed by atoms with van der Waals surface area (Å²) in [5, 5.41) is 0. The summed E-state index contributed by atoms with van der Waals surface area (Å²) < 4.78 is 5.84. The molecule has 0 saturated carbocycles. The van der Waals surface area contributed by atoms with Crippen LogP contribution in [0.5, 0.6) is 5.75 Å². The molecule has 2 N–H and O–H groups in total. The van der Waals surface area contributed by atoms with Crippen LogP contribution in [-0.4, -0.2) is 25.7 Å². The van der Waals surface area contributed by atoms with E-state index < -0.39 is 0 Å². The number of hydrogen-bond donors (Lipinski definition) is 1. The fourth-order valence-corrected chi connectivity index (χ4v) is 2.73. The van der Waals surface area contributed by atoms with Crippen molar-refractivity contribution in [1.82, 2.24) is 0 Å². The van der Waals surface area contributed by atoms with Gasteiger partial charge in [-0.3, -0.25) is 0 Å². The Morgan fingerprint density at radius 2 is 1.90 bits per heavy atom. The molecule has 0 amide bonds. The second-order valence-corrected chi connectivity index (χ2v) is 6.02. The lowest BCUT2D eigenvalue weighted by molar-refractivity contribution is 0.251. The molecule has 1 saturated heterocycles. The van der Waals surface area contributed by atoms with Crippen molar-refractivity contribution in [2.75, 3.05) is 24.6 Å². The summed E-state index contributed by atoms with van der Waals surface area (Å²) in [5.74, 6) is 1.61. The van der Waals surface area contributed by atoms with Crippen molar-refractivity contribution in [2.45, 2.75) is 45.6 Å². The van der Waals surface area contributed by atoms with Gasteiger partial charge < -0.3 is 15.4 Å². The zero-order chi connectivity index (χ0) is 14.4. The molecular weight excluding hydrogens is 248 g/mol. The molecular formula is C17H28N2O. The van der Waals surface area contributed by atoms with Crippen molar-refractivity contribution >= 4 is 5.69 Å². The molecule has 1 aromatic rings. The third-order valence-corrected chi connectivity index (χ3v) is 4.06. The molecule has 2 rings (SSSR count). The van der Waals surface area contributed by atoms with E-state index in [0.29, 0.717) is 12.0 Å². The van der Waals surface area contributed by atoms with Gasteiger partial charge in [-0.2, -0.15) is 0 Å². The van der Waals surface area contributed by atoms with Crippen molar-refractivity contribution in [3.63, 3.8) is 0 Å². The maximum absolute atomic E-state index is 5.94. The van der Waals surface area contributed by atoms with E-state index >= 15 is 0 Å². The fourth-order valence-electron chi connectivity index (χ4n) is 2.73. The summed E-state index contributed by atoms with van der Waals surface area (Å²) in [5.41, 5.74) is 7.23. The monoisotopic (exact) mass is 276 g/mol. The van der Waals surface area contributed by atoms with Gasteiger partial charge in [-0.1, -0.05) is 20.3 Å². The van der Waals surface area contributed by atoms with Crippen molar-refractivity contribution in [3.8, 4) is 5.75 Å². The van der Waals surface area contributed by atoms with Crippen molar-refractivity contribution < 1.29 is 4.74 Å². The molecule has 1 atom stereocenters. The van der Waals surface area contributed by atoms with E-state index in [1.807, 2.05) is 0 Å². The number of ether oxygens (including phenoxy) is 1. The Morgan fingerprint density at radius 1 is 1.25 bits per heavy atom. The standard InChI is InChI=1S/C17H28N2O/c1-3-4-14(2)13-20-17-7-5-16(6-8-17)19-11-9-15(18)10-12-19/h5-8,14-15H,3-4,9-13,18H2,1-2H3. The van der Waals surface area contributed by atoms with E-state index in [9.17, 15) is 0 Å². The highest BCUT2D eigenvalue weighted by Gasteiger charge is 2.16. The zero-order valence-electron chi connectivity index (χ0n) is 12.8. The normalized spacial score (nSPS) is 18.1. The van der Waals surface area contributed by atoms with Gasteiger partial charge in [0, 0.05) is 24.8 Å². The molecule has 0 spiro atoms. The second kappa shape index (κ2) is 7.53. The lowest BCUT2D eigenvalue weighted by atomic mass is 10.1. The van der Waals surface area contributed by atoms with Crippen molar-refractivity contribution in [1.29, 1.82) is 0 Å². The van der Waals surface area contributed by atoms with Gasteiger partial charge in [0.25, 0.3) is 0 Å². The average Bonchev–Trinajstić information content (AvgIpc) is 2.47. The molecule has 3 heteroatoms. The Morgan fingerprint density at radius 3 is 2.50 bits per heavy atom. The highest BCUT2D eigenvalue weighted by molar-refractivity contribution is 5.49. The number of anilines is 1. The predicted octanol–water partition coefficient (Wildman–Crippen LogP) is 3.43. The summed E-state index contributed by atoms with van der Waals surface area (Å²) in [6, 6.07) is 8.88. The first-order chi connectivity index (χ1) is 9.69. The molecule has 0 radical (unpaired) electrons. The number of nitrogens with zero attached hydrogens (tertiary/aromatic N) is 1. The Labute approximate surface area is 123 Å². The molecule has 20 heavy (non-hydrogen) atoms. The molecule has 1 fully saturated rings. The van der Waals surface area contributed by atoms with Gasteiger partial charge in [0.05, 0.1) is 6.61 Å². The first-order valence-electron chi connectivity index (χ1n) is 7.92. The molecule has 1 heterocycles. The number of nitrogens with two attached hydrogens (primary N) is 1. The van der Waals surface area contributed by atoms with Gasteiger partial charge >= 0.3 is 0 Å². The number of benzene rings is 1. The average molecular weight is 276 g/mol. The van der Waals surface area contributed by atoms with Gasteiger partial charge in [0.1, 0.15) is 5.75 Å². The van der Waals surface area contributed by atoms with E-state index in [-0.39, 0.29) is 0 Å². The van der Waals surface area contributed by atoms with Gasteiger partial charge in [0.2, 0.25) is 0 Å². The number of hydrogen-bond acceptors (Lipinski definition) is 3. The fraction of sp³-hybridized carbons (Fsp3) is 0.647. The van der Waals surface area contributed by atoms with E-state index in [4.69, 9.17) is 10.5 Å². The van der Waals surface area contributed by atoms with E-state index in [1.165, 1.54) is 18.5 Å². The minimum absolute atomic E-state index is 0.383. The number of rotatable bonds is 6. The van der Waals surface area contributed by atoms with Gasteiger partial charge in [0.15, 0.2) is 0 Å². The first kappa shape index (κ1) is 15.2. The van der Waals surface area contributed by atoms with Crippen LogP contribution >= 0.6 is 0 Å². The SMILES string of the molecule is CCCC(C)COc1ccc(N2CCC(N)CC2)cc1. The summed E-state index contributed by atoms with van der Waals surface area (Å²) >= 11 is 0. The van der Waals surface area contributed by atoms with E-state index in [0.717, 1.165) is 38.3 Å². The maximum atomic E-state index is 5.94. The second-order valence-electron chi connectivity index (χ2n) is 6.02. The van der Waals surface area contributed by atoms with Crippen LogP contribution in [0.3, 0.4) is 0 Å². The minimum atomic E-state index is 0.383.